The van der Waals surface area contributed by atoms with E-state index in [2.05, 4.69) is 11.8 Å². The number of hydrogen-bond donors (Lipinski definition) is 2. The number of rotatable bonds is 3. The molecule has 1 saturated heterocycles. The van der Waals surface area contributed by atoms with Gasteiger partial charge < -0.3 is 10.2 Å². The van der Waals surface area contributed by atoms with E-state index in [1.54, 1.807) is 0 Å². The van der Waals surface area contributed by atoms with Gasteiger partial charge in [0.1, 0.15) is 0 Å². The second kappa shape index (κ2) is 5.63. The fraction of sp³-hybridized carbons (Fsp3) is 0.571. The van der Waals surface area contributed by atoms with Crippen molar-refractivity contribution in [2.24, 2.45) is 5.92 Å². The summed E-state index contributed by atoms with van der Waals surface area (Å²) in [7, 11) is 0. The lowest BCUT2D eigenvalue weighted by Crippen LogP contribution is -2.44. The third kappa shape index (κ3) is 3.28. The van der Waals surface area contributed by atoms with Gasteiger partial charge in [-0.05, 0) is 24.4 Å². The van der Waals surface area contributed by atoms with Crippen LogP contribution < -0.4 is 0 Å². The van der Waals surface area contributed by atoms with E-state index in [-0.39, 0.29) is 6.10 Å². The van der Waals surface area contributed by atoms with Gasteiger partial charge in [-0.2, -0.15) is 0 Å². The highest BCUT2D eigenvalue weighted by molar-refractivity contribution is 5.17. The molecule has 3 nitrogen and oxygen atoms in total. The SMILES string of the molecule is CC1CCN(CC(O)c2ccccc2)CC1O. The molecular formula is C14H21NO2. The molecule has 0 aliphatic carbocycles. The van der Waals surface area contributed by atoms with Crippen LogP contribution in [0.25, 0.3) is 0 Å². The third-order valence-electron chi connectivity index (χ3n) is 3.62. The van der Waals surface area contributed by atoms with E-state index < -0.39 is 6.10 Å². The normalized spacial score (nSPS) is 27.9. The second-order valence-electron chi connectivity index (χ2n) is 5.02. The average Bonchev–Trinajstić information content (AvgIpc) is 2.35. The van der Waals surface area contributed by atoms with Gasteiger partial charge in [-0.25, -0.2) is 0 Å². The Hall–Kier alpha value is -0.900. The molecular weight excluding hydrogens is 214 g/mol. The molecule has 17 heavy (non-hydrogen) atoms. The molecule has 0 radical (unpaired) electrons. The van der Waals surface area contributed by atoms with Crippen molar-refractivity contribution in [1.29, 1.82) is 0 Å². The smallest absolute Gasteiger partial charge is 0.0916 e. The van der Waals surface area contributed by atoms with Gasteiger partial charge in [-0.1, -0.05) is 37.3 Å². The molecule has 0 amide bonds. The number of benzene rings is 1. The minimum absolute atomic E-state index is 0.258. The highest BCUT2D eigenvalue weighted by Gasteiger charge is 2.25. The summed E-state index contributed by atoms with van der Waals surface area (Å²) in [5.41, 5.74) is 0.945. The maximum absolute atomic E-state index is 10.1. The third-order valence-corrected chi connectivity index (χ3v) is 3.62. The van der Waals surface area contributed by atoms with Crippen LogP contribution in [0.5, 0.6) is 0 Å². The summed E-state index contributed by atoms with van der Waals surface area (Å²) < 4.78 is 0. The monoisotopic (exact) mass is 235 g/mol. The van der Waals surface area contributed by atoms with Crippen molar-refractivity contribution >= 4 is 0 Å². The van der Waals surface area contributed by atoms with Gasteiger partial charge >= 0.3 is 0 Å². The van der Waals surface area contributed by atoms with Crippen molar-refractivity contribution in [2.75, 3.05) is 19.6 Å². The van der Waals surface area contributed by atoms with Gasteiger partial charge in [-0.15, -0.1) is 0 Å². The predicted molar refractivity (Wildman–Crippen MR) is 67.6 cm³/mol. The van der Waals surface area contributed by atoms with Crippen LogP contribution in [-0.4, -0.2) is 40.9 Å². The fourth-order valence-electron chi connectivity index (χ4n) is 2.31. The summed E-state index contributed by atoms with van der Waals surface area (Å²) in [6.45, 7) is 4.32. The topological polar surface area (TPSA) is 43.7 Å². The van der Waals surface area contributed by atoms with Crippen LogP contribution in [0, 0.1) is 5.92 Å². The first-order valence-corrected chi connectivity index (χ1v) is 6.30. The van der Waals surface area contributed by atoms with E-state index in [1.165, 1.54) is 0 Å². The Labute approximate surface area is 103 Å². The summed E-state index contributed by atoms with van der Waals surface area (Å²) in [5.74, 6) is 0.375. The number of aliphatic hydroxyl groups excluding tert-OH is 2. The van der Waals surface area contributed by atoms with Gasteiger partial charge in [0.2, 0.25) is 0 Å². The summed E-state index contributed by atoms with van der Waals surface area (Å²) in [4.78, 5) is 2.14. The number of aliphatic hydroxyl groups is 2. The van der Waals surface area contributed by atoms with Crippen LogP contribution >= 0.6 is 0 Å². The minimum atomic E-state index is -0.461. The van der Waals surface area contributed by atoms with Crippen molar-refractivity contribution in [2.45, 2.75) is 25.6 Å². The number of β-amino-alcohol motifs (C(OH)–C–C–N with tert-alkyl or cyclic N) is 2. The lowest BCUT2D eigenvalue weighted by molar-refractivity contribution is 0.00859. The summed E-state index contributed by atoms with van der Waals surface area (Å²) in [6, 6.07) is 9.70. The van der Waals surface area contributed by atoms with E-state index in [0.717, 1.165) is 18.5 Å². The summed E-state index contributed by atoms with van der Waals surface area (Å²) >= 11 is 0. The number of likely N-dealkylation sites (tertiary alicyclic amines) is 1. The quantitative estimate of drug-likeness (QED) is 0.833. The van der Waals surface area contributed by atoms with Crippen LogP contribution in [-0.2, 0) is 0 Å². The Balaban J connectivity index is 1.89. The number of hydrogen-bond acceptors (Lipinski definition) is 3. The molecule has 94 valence electrons. The highest BCUT2D eigenvalue weighted by atomic mass is 16.3. The Kier molecular flexibility index (Phi) is 4.15. The van der Waals surface area contributed by atoms with Gasteiger partial charge in [-0.3, -0.25) is 4.90 Å². The minimum Gasteiger partial charge on any atom is -0.392 e. The molecule has 3 heteroatoms. The Morgan fingerprint density at radius 1 is 1.35 bits per heavy atom. The van der Waals surface area contributed by atoms with Crippen LogP contribution in [0.1, 0.15) is 25.0 Å². The van der Waals surface area contributed by atoms with Gasteiger partial charge in [0.25, 0.3) is 0 Å². The van der Waals surface area contributed by atoms with Crippen molar-refractivity contribution in [1.82, 2.24) is 4.90 Å². The maximum atomic E-state index is 10.1. The standard InChI is InChI=1S/C14H21NO2/c1-11-7-8-15(9-13(11)16)10-14(17)12-5-3-2-4-6-12/h2-6,11,13-14,16-17H,7-10H2,1H3. The molecule has 3 atom stereocenters. The zero-order chi connectivity index (χ0) is 12.3. The van der Waals surface area contributed by atoms with Gasteiger partial charge in [0.05, 0.1) is 12.2 Å². The molecule has 1 aromatic rings. The molecule has 0 spiro atoms. The van der Waals surface area contributed by atoms with E-state index in [1.807, 2.05) is 30.3 Å². The average molecular weight is 235 g/mol. The lowest BCUT2D eigenvalue weighted by atomic mass is 9.95. The Morgan fingerprint density at radius 2 is 2.06 bits per heavy atom. The largest absolute Gasteiger partial charge is 0.392 e. The predicted octanol–water partition coefficient (Wildman–Crippen LogP) is 1.42. The lowest BCUT2D eigenvalue weighted by Gasteiger charge is -2.35. The Morgan fingerprint density at radius 3 is 2.71 bits per heavy atom. The molecule has 3 unspecified atom stereocenters. The number of piperidine rings is 1. The van der Waals surface area contributed by atoms with Crippen LogP contribution in [0.15, 0.2) is 30.3 Å². The molecule has 1 heterocycles. The molecule has 1 aliphatic rings. The van der Waals surface area contributed by atoms with Crippen molar-refractivity contribution in [3.8, 4) is 0 Å². The highest BCUT2D eigenvalue weighted by Crippen LogP contribution is 2.20. The first kappa shape index (κ1) is 12.6. The first-order valence-electron chi connectivity index (χ1n) is 6.30. The maximum Gasteiger partial charge on any atom is 0.0916 e. The number of nitrogens with zero attached hydrogens (tertiary/aromatic N) is 1. The zero-order valence-electron chi connectivity index (χ0n) is 10.3. The molecule has 1 aliphatic heterocycles. The van der Waals surface area contributed by atoms with E-state index in [4.69, 9.17) is 0 Å². The first-order chi connectivity index (χ1) is 8.16. The summed E-state index contributed by atoms with van der Waals surface area (Å²) in [6.07, 6.45) is 0.284. The zero-order valence-corrected chi connectivity index (χ0v) is 10.3. The molecule has 1 aromatic carbocycles. The van der Waals surface area contributed by atoms with Crippen molar-refractivity contribution in [3.63, 3.8) is 0 Å². The molecule has 0 saturated carbocycles. The van der Waals surface area contributed by atoms with Crippen molar-refractivity contribution < 1.29 is 10.2 Å². The summed E-state index contributed by atoms with van der Waals surface area (Å²) in [5, 5.41) is 19.9. The van der Waals surface area contributed by atoms with Crippen LogP contribution in [0.3, 0.4) is 0 Å². The molecule has 2 rings (SSSR count). The molecule has 0 bridgehead atoms. The Bertz CT molecular complexity index is 341. The fourth-order valence-corrected chi connectivity index (χ4v) is 2.31. The second-order valence-corrected chi connectivity index (χ2v) is 5.02. The van der Waals surface area contributed by atoms with E-state index >= 15 is 0 Å². The van der Waals surface area contributed by atoms with Crippen LogP contribution in [0.4, 0.5) is 0 Å². The van der Waals surface area contributed by atoms with E-state index in [9.17, 15) is 10.2 Å². The van der Waals surface area contributed by atoms with Crippen molar-refractivity contribution in [3.05, 3.63) is 35.9 Å². The molecule has 2 N–H and O–H groups in total. The van der Waals surface area contributed by atoms with E-state index in [0.29, 0.717) is 19.0 Å². The molecule has 1 fully saturated rings. The van der Waals surface area contributed by atoms with Gasteiger partial charge in [0, 0.05) is 13.1 Å². The van der Waals surface area contributed by atoms with Crippen LogP contribution in [0.2, 0.25) is 0 Å². The van der Waals surface area contributed by atoms with Gasteiger partial charge in [0.15, 0.2) is 0 Å². The molecule has 0 aromatic heterocycles.